The Balaban J connectivity index is 0.000000316. The van der Waals surface area contributed by atoms with Gasteiger partial charge in [-0.2, -0.15) is 0 Å². The summed E-state index contributed by atoms with van der Waals surface area (Å²) in [6.07, 6.45) is 3.52. The Morgan fingerprint density at radius 2 is 1.57 bits per heavy atom. The summed E-state index contributed by atoms with van der Waals surface area (Å²) in [7, 11) is 0. The van der Waals surface area contributed by atoms with Crippen molar-refractivity contribution in [2.24, 2.45) is 0 Å². The van der Waals surface area contributed by atoms with Crippen LogP contribution in [0.15, 0.2) is 30.5 Å². The lowest BCUT2D eigenvalue weighted by molar-refractivity contribution is -0.170. The Bertz CT molecular complexity index is 1290. The predicted molar refractivity (Wildman–Crippen MR) is 150 cm³/mol. The van der Waals surface area contributed by atoms with Crippen molar-refractivity contribution >= 4 is 29.8 Å². The molecule has 0 unspecified atom stereocenters. The minimum atomic E-state index is -2.74. The van der Waals surface area contributed by atoms with Gasteiger partial charge in [0.1, 0.15) is 0 Å². The highest BCUT2D eigenvalue weighted by molar-refractivity contribution is 5.95. The van der Waals surface area contributed by atoms with Crippen LogP contribution in [0.5, 0.6) is 0 Å². The molecule has 2 aliphatic rings. The molecular formula is C29H38N4O9. The number of aliphatic hydroxyl groups is 2. The van der Waals surface area contributed by atoms with Crippen molar-refractivity contribution in [1.29, 1.82) is 0 Å². The van der Waals surface area contributed by atoms with Gasteiger partial charge in [-0.1, -0.05) is 36.8 Å². The average Bonchev–Trinajstić information content (AvgIpc) is 3.47. The van der Waals surface area contributed by atoms with E-state index >= 15 is 0 Å². The molecule has 0 aliphatic carbocycles. The van der Waals surface area contributed by atoms with E-state index < -0.39 is 42.0 Å². The summed E-state index contributed by atoms with van der Waals surface area (Å²) in [6, 6.07) is 8.03. The summed E-state index contributed by atoms with van der Waals surface area (Å²) in [5.74, 6) is -4.31. The molecule has 3 heterocycles. The number of carbonyl (C=O) groups excluding carboxylic acids is 1. The highest BCUT2D eigenvalue weighted by Gasteiger charge is 2.41. The van der Waals surface area contributed by atoms with Crippen LogP contribution in [0.25, 0.3) is 0 Å². The second kappa shape index (κ2) is 13.7. The number of rotatable bonds is 9. The van der Waals surface area contributed by atoms with Crippen LogP contribution in [-0.4, -0.2) is 96.0 Å². The van der Waals surface area contributed by atoms with Gasteiger partial charge in [0.25, 0.3) is 5.91 Å². The van der Waals surface area contributed by atoms with Crippen LogP contribution in [0.3, 0.4) is 0 Å². The van der Waals surface area contributed by atoms with Gasteiger partial charge < -0.3 is 35.3 Å². The zero-order valence-corrected chi connectivity index (χ0v) is 23.8. The summed E-state index contributed by atoms with van der Waals surface area (Å²) in [6.45, 7) is 7.09. The number of carboxylic acid groups (broad SMARTS) is 3. The minimum absolute atomic E-state index is 0.0267. The Labute approximate surface area is 243 Å². The first-order chi connectivity index (χ1) is 19.8. The van der Waals surface area contributed by atoms with E-state index in [-0.39, 0.29) is 5.91 Å². The Kier molecular flexibility index (Phi) is 10.6. The lowest BCUT2D eigenvalue weighted by Crippen LogP contribution is -2.45. The van der Waals surface area contributed by atoms with E-state index in [1.807, 2.05) is 43.0 Å². The molecule has 0 radical (unpaired) electrons. The van der Waals surface area contributed by atoms with Crippen molar-refractivity contribution in [2.45, 2.75) is 70.0 Å². The number of benzene rings is 1. The van der Waals surface area contributed by atoms with Gasteiger partial charge >= 0.3 is 17.9 Å². The molecule has 13 heteroatoms. The number of amides is 1. The quantitative estimate of drug-likeness (QED) is 0.286. The van der Waals surface area contributed by atoms with Crippen LogP contribution in [-0.2, 0) is 26.4 Å². The number of carboxylic acids is 3. The van der Waals surface area contributed by atoms with Crippen LogP contribution in [0.2, 0.25) is 0 Å². The Morgan fingerprint density at radius 3 is 2.07 bits per heavy atom. The zero-order chi connectivity index (χ0) is 31.1. The molecule has 42 heavy (non-hydrogen) atoms. The van der Waals surface area contributed by atoms with Crippen LogP contribution < -0.4 is 4.90 Å². The van der Waals surface area contributed by atoms with E-state index in [0.29, 0.717) is 37.9 Å². The third-order valence-electron chi connectivity index (χ3n) is 7.53. The van der Waals surface area contributed by atoms with E-state index in [1.54, 1.807) is 6.20 Å². The molecule has 1 aromatic carbocycles. The predicted octanol–water partition coefficient (Wildman–Crippen LogP) is 1.82. The summed E-state index contributed by atoms with van der Waals surface area (Å²) in [4.78, 5) is 56.9. The number of hydrogen-bond acceptors (Lipinski definition) is 9. The zero-order valence-electron chi connectivity index (χ0n) is 23.8. The van der Waals surface area contributed by atoms with Crippen LogP contribution >= 0.6 is 0 Å². The highest BCUT2D eigenvalue weighted by Crippen LogP contribution is 2.34. The summed E-state index contributed by atoms with van der Waals surface area (Å²) in [5.41, 5.74) is -0.123. The van der Waals surface area contributed by atoms with Gasteiger partial charge in [-0.25, -0.2) is 14.8 Å². The lowest BCUT2D eigenvalue weighted by Gasteiger charge is -2.38. The van der Waals surface area contributed by atoms with Crippen LogP contribution in [0.4, 0.5) is 5.95 Å². The third kappa shape index (κ3) is 8.01. The topological polar surface area (TPSA) is 202 Å². The number of aryl methyl sites for hydroxylation is 2. The fourth-order valence-corrected chi connectivity index (χ4v) is 5.11. The van der Waals surface area contributed by atoms with Crippen LogP contribution in [0, 0.1) is 6.92 Å². The second-order valence-corrected chi connectivity index (χ2v) is 10.7. The van der Waals surface area contributed by atoms with Gasteiger partial charge in [-0.3, -0.25) is 14.4 Å². The molecule has 228 valence electrons. The fourth-order valence-electron chi connectivity index (χ4n) is 5.11. The van der Waals surface area contributed by atoms with Gasteiger partial charge in [0.15, 0.2) is 5.60 Å². The largest absolute Gasteiger partial charge is 0.481 e. The minimum Gasteiger partial charge on any atom is -0.481 e. The molecule has 1 amide bonds. The maximum atomic E-state index is 13.2. The van der Waals surface area contributed by atoms with E-state index in [4.69, 9.17) is 25.4 Å². The molecule has 0 bridgehead atoms. The Morgan fingerprint density at radius 1 is 0.976 bits per heavy atom. The van der Waals surface area contributed by atoms with Crippen molar-refractivity contribution in [1.82, 2.24) is 14.9 Å². The molecule has 2 aromatic rings. The van der Waals surface area contributed by atoms with Crippen molar-refractivity contribution in [3.63, 3.8) is 0 Å². The van der Waals surface area contributed by atoms with Gasteiger partial charge in [-0.05, 0) is 44.6 Å². The summed E-state index contributed by atoms with van der Waals surface area (Å²) < 4.78 is 0. The third-order valence-corrected chi connectivity index (χ3v) is 7.53. The smallest absolute Gasteiger partial charge is 0.336 e. The lowest BCUT2D eigenvalue weighted by atomic mass is 9.83. The molecule has 2 fully saturated rings. The molecule has 2 saturated heterocycles. The van der Waals surface area contributed by atoms with Crippen LogP contribution in [0.1, 0.15) is 72.6 Å². The number of nitrogens with zero attached hydrogens (tertiary/aromatic N) is 4. The van der Waals surface area contributed by atoms with Crippen molar-refractivity contribution in [3.8, 4) is 0 Å². The fraction of sp³-hybridized carbons (Fsp3) is 0.517. The van der Waals surface area contributed by atoms with Gasteiger partial charge in [0.2, 0.25) is 5.95 Å². The molecule has 4 rings (SSSR count). The number of piperidine rings is 1. The molecule has 0 saturated carbocycles. The number of aromatic nitrogens is 2. The van der Waals surface area contributed by atoms with Gasteiger partial charge in [-0.15, -0.1) is 0 Å². The van der Waals surface area contributed by atoms with Gasteiger partial charge in [0.05, 0.1) is 29.7 Å². The first-order valence-electron chi connectivity index (χ1n) is 13.9. The highest BCUT2D eigenvalue weighted by atomic mass is 16.4. The first kappa shape index (κ1) is 32.4. The maximum Gasteiger partial charge on any atom is 0.336 e. The number of aliphatic carboxylic acids is 3. The molecule has 2 aliphatic heterocycles. The second-order valence-electron chi connectivity index (χ2n) is 10.7. The SMILES string of the molecule is CCc1nc(N2CCCC2)ncc1C(=O)N1CCC(O)(c2cccc(C)c2)CC1.O=C(O)CC(O)(CC(=O)O)C(=O)O. The normalized spacial score (nSPS) is 16.4. The molecule has 5 N–H and O–H groups in total. The number of hydrogen-bond donors (Lipinski definition) is 5. The molecule has 13 nitrogen and oxygen atoms in total. The summed E-state index contributed by atoms with van der Waals surface area (Å²) >= 11 is 0. The standard InChI is InChI=1S/C23H30N4O2.C6H8O7/c1-3-20-19(16-24-22(25-20)27-11-4-5-12-27)21(28)26-13-9-23(29,10-14-26)18-8-6-7-17(2)15-18;7-3(8)1-6(13,5(11)12)2-4(9)10/h6-8,15-16,29H,3-5,9-14H2,1-2H3;13H,1-2H2,(H,7,8)(H,9,10)(H,11,12). The molecule has 1 aromatic heterocycles. The number of carbonyl (C=O) groups is 4. The van der Waals surface area contributed by atoms with Gasteiger partial charge in [0, 0.05) is 32.4 Å². The molecular weight excluding hydrogens is 548 g/mol. The Hall–Kier alpha value is -4.10. The monoisotopic (exact) mass is 586 g/mol. The maximum absolute atomic E-state index is 13.2. The van der Waals surface area contributed by atoms with E-state index in [0.717, 1.165) is 35.9 Å². The molecule has 0 atom stereocenters. The van der Waals surface area contributed by atoms with Crippen molar-refractivity contribution < 1.29 is 44.7 Å². The van der Waals surface area contributed by atoms with E-state index in [2.05, 4.69) is 9.88 Å². The van der Waals surface area contributed by atoms with Crippen molar-refractivity contribution in [2.75, 3.05) is 31.1 Å². The molecule has 0 spiro atoms. The first-order valence-corrected chi connectivity index (χ1v) is 13.9. The summed E-state index contributed by atoms with van der Waals surface area (Å²) in [5, 5.41) is 44.9. The average molecular weight is 587 g/mol. The number of likely N-dealkylation sites (tertiary alicyclic amines) is 1. The van der Waals surface area contributed by atoms with E-state index in [9.17, 15) is 24.3 Å². The number of anilines is 1. The van der Waals surface area contributed by atoms with E-state index in [1.165, 1.54) is 12.8 Å². The van der Waals surface area contributed by atoms with Crippen molar-refractivity contribution in [3.05, 3.63) is 52.8 Å².